The number of hydrogen-bond acceptors (Lipinski definition) is 5. The number of ether oxygens (including phenoxy) is 1. The summed E-state index contributed by atoms with van der Waals surface area (Å²) < 4.78 is 33.9. The number of nitrogens with zero attached hydrogens (tertiary/aromatic N) is 2. The Balaban J connectivity index is 2.12. The molecule has 1 saturated heterocycles. The first-order chi connectivity index (χ1) is 8.95. The third kappa shape index (κ3) is 3.53. The Bertz CT molecular complexity index is 520. The molecule has 1 aromatic heterocycles. The lowest BCUT2D eigenvalue weighted by molar-refractivity contribution is 0.0537. The molecule has 8 heteroatoms. The zero-order chi connectivity index (χ0) is 13.9. The predicted octanol–water partition coefficient (Wildman–Crippen LogP) is -0.277. The predicted molar refractivity (Wildman–Crippen MR) is 68.1 cm³/mol. The Morgan fingerprint density at radius 2 is 2.21 bits per heavy atom. The van der Waals surface area contributed by atoms with Crippen LogP contribution < -0.4 is 4.72 Å². The Kier molecular flexibility index (Phi) is 4.24. The van der Waals surface area contributed by atoms with E-state index in [-0.39, 0.29) is 18.0 Å². The molecule has 2 rings (SSSR count). The van der Waals surface area contributed by atoms with Gasteiger partial charge in [-0.15, -0.1) is 0 Å². The fourth-order valence-electron chi connectivity index (χ4n) is 2.02. The van der Waals surface area contributed by atoms with Crippen LogP contribution in [0, 0.1) is 0 Å². The van der Waals surface area contributed by atoms with Crippen LogP contribution in [0.1, 0.15) is 19.8 Å². The fraction of sp³-hybridized carbons (Fsp3) is 0.727. The van der Waals surface area contributed by atoms with Gasteiger partial charge in [0.15, 0.2) is 0 Å². The summed E-state index contributed by atoms with van der Waals surface area (Å²) in [6, 6.07) is 0. The topological polar surface area (TPSA) is 93.5 Å². The molecule has 0 bridgehead atoms. The van der Waals surface area contributed by atoms with Gasteiger partial charge in [-0.2, -0.15) is 5.10 Å². The van der Waals surface area contributed by atoms with Crippen molar-refractivity contribution < 1.29 is 18.3 Å². The van der Waals surface area contributed by atoms with E-state index in [9.17, 15) is 8.42 Å². The van der Waals surface area contributed by atoms with Gasteiger partial charge >= 0.3 is 0 Å². The summed E-state index contributed by atoms with van der Waals surface area (Å²) in [5.41, 5.74) is -0.476. The molecule has 0 aliphatic carbocycles. The van der Waals surface area contributed by atoms with Crippen molar-refractivity contribution in [2.45, 2.75) is 36.7 Å². The molecule has 0 spiro atoms. The lowest BCUT2D eigenvalue weighted by atomic mass is 9.94. The molecule has 0 aromatic carbocycles. The molecule has 1 aromatic rings. The van der Waals surface area contributed by atoms with Crippen molar-refractivity contribution in [3.63, 3.8) is 0 Å². The molecule has 1 aliphatic heterocycles. The molecule has 0 saturated carbocycles. The fourth-order valence-corrected chi connectivity index (χ4v) is 3.43. The smallest absolute Gasteiger partial charge is 0.244 e. The Labute approximate surface area is 112 Å². The quantitative estimate of drug-likeness (QED) is 0.778. The monoisotopic (exact) mass is 289 g/mol. The van der Waals surface area contributed by atoms with Gasteiger partial charge in [-0.3, -0.25) is 4.68 Å². The normalized spacial score (nSPS) is 19.5. The van der Waals surface area contributed by atoms with Gasteiger partial charge in [0.25, 0.3) is 0 Å². The molecule has 1 aliphatic rings. The Morgan fingerprint density at radius 3 is 2.84 bits per heavy atom. The molecular formula is C11H19N3O4S. The summed E-state index contributed by atoms with van der Waals surface area (Å²) >= 11 is 0. The van der Waals surface area contributed by atoms with E-state index in [1.165, 1.54) is 17.1 Å². The van der Waals surface area contributed by atoms with Gasteiger partial charge in [0.1, 0.15) is 4.90 Å². The van der Waals surface area contributed by atoms with E-state index < -0.39 is 15.6 Å². The number of hydrogen-bond donors (Lipinski definition) is 2. The molecule has 7 nitrogen and oxygen atoms in total. The van der Waals surface area contributed by atoms with Crippen LogP contribution in [-0.2, 0) is 21.3 Å². The average molecular weight is 289 g/mol. The van der Waals surface area contributed by atoms with Crippen molar-refractivity contribution in [2.24, 2.45) is 0 Å². The van der Waals surface area contributed by atoms with Crippen LogP contribution in [0.15, 0.2) is 17.3 Å². The van der Waals surface area contributed by atoms with Gasteiger partial charge in [0.05, 0.1) is 19.3 Å². The largest absolute Gasteiger partial charge is 0.394 e. The first kappa shape index (κ1) is 14.4. The summed E-state index contributed by atoms with van der Waals surface area (Å²) in [6.45, 7) is 3.20. The molecule has 2 heterocycles. The Morgan fingerprint density at radius 1 is 1.53 bits per heavy atom. The second kappa shape index (κ2) is 5.58. The summed E-state index contributed by atoms with van der Waals surface area (Å²) in [5, 5.41) is 12.7. The van der Waals surface area contributed by atoms with Crippen LogP contribution in [0.25, 0.3) is 0 Å². The van der Waals surface area contributed by atoms with Crippen LogP contribution in [0.2, 0.25) is 0 Å². The van der Waals surface area contributed by atoms with Gasteiger partial charge in [0, 0.05) is 24.9 Å². The molecule has 0 unspecified atom stereocenters. The summed E-state index contributed by atoms with van der Waals surface area (Å²) in [7, 11) is -3.59. The van der Waals surface area contributed by atoms with Crippen molar-refractivity contribution in [1.29, 1.82) is 0 Å². The number of rotatable bonds is 5. The van der Waals surface area contributed by atoms with E-state index >= 15 is 0 Å². The van der Waals surface area contributed by atoms with Crippen LogP contribution in [0.5, 0.6) is 0 Å². The summed E-state index contributed by atoms with van der Waals surface area (Å²) in [5.74, 6) is 0. The maximum atomic E-state index is 12.3. The van der Waals surface area contributed by atoms with Crippen LogP contribution >= 0.6 is 0 Å². The molecule has 1 fully saturated rings. The average Bonchev–Trinajstić information content (AvgIpc) is 2.78. The second-order valence-electron chi connectivity index (χ2n) is 4.94. The number of sulfonamides is 1. The van der Waals surface area contributed by atoms with Gasteiger partial charge in [-0.1, -0.05) is 0 Å². The van der Waals surface area contributed by atoms with Crippen LogP contribution in [0.4, 0.5) is 0 Å². The van der Waals surface area contributed by atoms with Crippen molar-refractivity contribution in [3.8, 4) is 0 Å². The van der Waals surface area contributed by atoms with E-state index in [2.05, 4.69) is 9.82 Å². The minimum atomic E-state index is -3.59. The minimum Gasteiger partial charge on any atom is -0.394 e. The van der Waals surface area contributed by atoms with E-state index in [1.807, 2.05) is 6.92 Å². The van der Waals surface area contributed by atoms with E-state index in [4.69, 9.17) is 9.84 Å². The lowest BCUT2D eigenvalue weighted by Gasteiger charge is -2.33. The number of nitrogens with one attached hydrogen (secondary N) is 1. The van der Waals surface area contributed by atoms with E-state index in [1.54, 1.807) is 0 Å². The SMILES string of the molecule is CC1(NS(=O)(=O)c2cnn(CCO)c2)CCOCC1. The number of aliphatic hydroxyl groups excluding tert-OH is 1. The highest BCUT2D eigenvalue weighted by molar-refractivity contribution is 7.89. The number of aromatic nitrogens is 2. The minimum absolute atomic E-state index is 0.0797. The molecule has 0 atom stereocenters. The summed E-state index contributed by atoms with van der Waals surface area (Å²) in [4.78, 5) is 0.119. The highest BCUT2D eigenvalue weighted by Crippen LogP contribution is 2.22. The van der Waals surface area contributed by atoms with E-state index in [0.717, 1.165) is 0 Å². The molecule has 108 valence electrons. The second-order valence-corrected chi connectivity index (χ2v) is 6.62. The van der Waals surface area contributed by atoms with Crippen molar-refractivity contribution >= 4 is 10.0 Å². The van der Waals surface area contributed by atoms with Crippen molar-refractivity contribution in [1.82, 2.24) is 14.5 Å². The van der Waals surface area contributed by atoms with Crippen molar-refractivity contribution in [3.05, 3.63) is 12.4 Å². The van der Waals surface area contributed by atoms with Crippen molar-refractivity contribution in [2.75, 3.05) is 19.8 Å². The summed E-state index contributed by atoms with van der Waals surface area (Å²) in [6.07, 6.45) is 4.01. The third-order valence-electron chi connectivity index (χ3n) is 3.23. The van der Waals surface area contributed by atoms with Gasteiger partial charge in [0.2, 0.25) is 10.0 Å². The third-order valence-corrected chi connectivity index (χ3v) is 4.82. The van der Waals surface area contributed by atoms with Crippen LogP contribution in [0.3, 0.4) is 0 Å². The Hall–Kier alpha value is -0.960. The van der Waals surface area contributed by atoms with Gasteiger partial charge in [-0.25, -0.2) is 13.1 Å². The highest BCUT2D eigenvalue weighted by atomic mass is 32.2. The molecule has 0 amide bonds. The van der Waals surface area contributed by atoms with E-state index in [0.29, 0.717) is 26.1 Å². The van der Waals surface area contributed by atoms with Gasteiger partial charge < -0.3 is 9.84 Å². The maximum absolute atomic E-state index is 12.3. The molecule has 0 radical (unpaired) electrons. The van der Waals surface area contributed by atoms with Crippen LogP contribution in [-0.4, -0.2) is 48.7 Å². The molecule has 19 heavy (non-hydrogen) atoms. The first-order valence-electron chi connectivity index (χ1n) is 6.20. The zero-order valence-corrected chi connectivity index (χ0v) is 11.7. The highest BCUT2D eigenvalue weighted by Gasteiger charge is 2.33. The maximum Gasteiger partial charge on any atom is 0.244 e. The molecule has 2 N–H and O–H groups in total. The zero-order valence-electron chi connectivity index (χ0n) is 10.9. The van der Waals surface area contributed by atoms with Gasteiger partial charge in [-0.05, 0) is 19.8 Å². The lowest BCUT2D eigenvalue weighted by Crippen LogP contribution is -2.49. The first-order valence-corrected chi connectivity index (χ1v) is 7.69. The number of aliphatic hydroxyl groups is 1. The molecular weight excluding hydrogens is 270 g/mol. The standard InChI is InChI=1S/C11H19N3O4S/c1-11(2-6-18-7-3-11)13-19(16,17)10-8-12-14(9-10)4-5-15/h8-9,13,15H,2-7H2,1H3.